The predicted octanol–water partition coefficient (Wildman–Crippen LogP) is 8.42. The molecule has 0 bridgehead atoms. The molecule has 0 aromatic heterocycles. The zero-order valence-corrected chi connectivity index (χ0v) is 20.9. The molecule has 152 valence electrons. The Morgan fingerprint density at radius 1 is 1.11 bits per heavy atom. The van der Waals surface area contributed by atoms with Crippen molar-refractivity contribution in [1.29, 1.82) is 0 Å². The fraction of sp³-hybridized carbons (Fsp3) is 0.522. The summed E-state index contributed by atoms with van der Waals surface area (Å²) in [6.45, 7) is 14.9. The molecule has 1 aliphatic heterocycles. The van der Waals surface area contributed by atoms with Gasteiger partial charge in [0.1, 0.15) is 4.99 Å². The van der Waals surface area contributed by atoms with E-state index in [4.69, 9.17) is 12.2 Å². The summed E-state index contributed by atoms with van der Waals surface area (Å²) in [6.07, 6.45) is 7.73. The van der Waals surface area contributed by atoms with Gasteiger partial charge < -0.3 is 4.90 Å². The number of thiocarbonyl (C=S) groups is 1. The van der Waals surface area contributed by atoms with Crippen LogP contribution in [0, 0.1) is 11.8 Å². The van der Waals surface area contributed by atoms with Crippen molar-refractivity contribution in [3.05, 3.63) is 46.2 Å². The standard InChI is InChI=1S/C19H25NS3.2C2H6/c1-13(2)14(3)9-8-10-15-18(21)20(4)16-11-6-7-12-17(16)23-19(15)22-5;2*1-2/h6-8,10-14H,9H2,1-5H3;2*1-2H3/b10-8+;;. The van der Waals surface area contributed by atoms with E-state index in [9.17, 15) is 0 Å². The van der Waals surface area contributed by atoms with Gasteiger partial charge in [-0.1, -0.05) is 96.7 Å². The molecule has 4 heteroatoms. The van der Waals surface area contributed by atoms with Crippen LogP contribution in [0.5, 0.6) is 0 Å². The number of nitrogens with zero attached hydrogens (tertiary/aromatic N) is 1. The van der Waals surface area contributed by atoms with Crippen molar-refractivity contribution < 1.29 is 0 Å². The first kappa shape index (κ1) is 26.3. The third-order valence-corrected chi connectivity index (χ3v) is 7.10. The van der Waals surface area contributed by atoms with E-state index in [1.165, 1.54) is 20.4 Å². The first-order valence-corrected chi connectivity index (χ1v) is 12.4. The van der Waals surface area contributed by atoms with Crippen LogP contribution in [0.25, 0.3) is 0 Å². The molecule has 1 aromatic carbocycles. The Labute approximate surface area is 182 Å². The molecule has 0 spiro atoms. The molecule has 0 saturated heterocycles. The summed E-state index contributed by atoms with van der Waals surface area (Å²) < 4.78 is 1.28. The van der Waals surface area contributed by atoms with Crippen LogP contribution in [0.3, 0.4) is 0 Å². The summed E-state index contributed by atoms with van der Waals surface area (Å²) in [7, 11) is 2.07. The van der Waals surface area contributed by atoms with Gasteiger partial charge in [-0.2, -0.15) is 0 Å². The lowest BCUT2D eigenvalue weighted by Gasteiger charge is -2.20. The highest BCUT2D eigenvalue weighted by Crippen LogP contribution is 2.44. The molecular formula is C23H37NS3. The van der Waals surface area contributed by atoms with E-state index in [0.29, 0.717) is 11.8 Å². The molecule has 0 aliphatic carbocycles. The molecule has 1 heterocycles. The zero-order chi connectivity index (χ0) is 21.0. The van der Waals surface area contributed by atoms with Crippen molar-refractivity contribution in [3.63, 3.8) is 0 Å². The smallest absolute Gasteiger partial charge is 0.115 e. The summed E-state index contributed by atoms with van der Waals surface area (Å²) in [6, 6.07) is 8.47. The van der Waals surface area contributed by atoms with Gasteiger partial charge in [0.25, 0.3) is 0 Å². The molecule has 27 heavy (non-hydrogen) atoms. The summed E-state index contributed by atoms with van der Waals surface area (Å²) in [5.41, 5.74) is 2.36. The molecule has 1 aromatic rings. The van der Waals surface area contributed by atoms with Crippen LogP contribution in [0.2, 0.25) is 0 Å². The van der Waals surface area contributed by atoms with Gasteiger partial charge in [0.15, 0.2) is 0 Å². The molecule has 0 fully saturated rings. The number of allylic oxidation sites excluding steroid dienone is 1. The molecule has 0 radical (unpaired) electrons. The van der Waals surface area contributed by atoms with Crippen molar-refractivity contribution in [3.8, 4) is 0 Å². The topological polar surface area (TPSA) is 3.24 Å². The van der Waals surface area contributed by atoms with Gasteiger partial charge in [-0.3, -0.25) is 0 Å². The number of benzene rings is 1. The molecule has 0 saturated carbocycles. The van der Waals surface area contributed by atoms with Gasteiger partial charge in [0, 0.05) is 17.5 Å². The molecule has 1 nitrogen and oxygen atoms in total. The van der Waals surface area contributed by atoms with Crippen LogP contribution in [0.15, 0.2) is 51.1 Å². The number of thioether (sulfide) groups is 2. The monoisotopic (exact) mass is 423 g/mol. The number of likely N-dealkylation sites (N-methyl/N-ethyl adjacent to an activating group) is 1. The van der Waals surface area contributed by atoms with E-state index in [2.05, 4.69) is 75.4 Å². The molecule has 1 aliphatic rings. The molecule has 1 atom stereocenters. The van der Waals surface area contributed by atoms with Crippen LogP contribution in [0.4, 0.5) is 5.69 Å². The summed E-state index contributed by atoms with van der Waals surface area (Å²) >= 11 is 9.38. The minimum absolute atomic E-state index is 0.687. The van der Waals surface area contributed by atoms with Gasteiger partial charge in [0.05, 0.1) is 9.92 Å². The van der Waals surface area contributed by atoms with Gasteiger partial charge >= 0.3 is 0 Å². The van der Waals surface area contributed by atoms with Crippen LogP contribution in [-0.2, 0) is 0 Å². The van der Waals surface area contributed by atoms with Crippen LogP contribution < -0.4 is 4.90 Å². The fourth-order valence-corrected chi connectivity index (χ4v) is 4.63. The summed E-state index contributed by atoms with van der Waals surface area (Å²) in [5, 5.41) is 0. The maximum atomic E-state index is 5.78. The maximum absolute atomic E-state index is 5.78. The molecule has 2 rings (SSSR count). The van der Waals surface area contributed by atoms with Crippen molar-refractivity contribution in [2.24, 2.45) is 11.8 Å². The van der Waals surface area contributed by atoms with Crippen molar-refractivity contribution in [1.82, 2.24) is 0 Å². The second kappa shape index (κ2) is 14.3. The number of hydrogen-bond donors (Lipinski definition) is 0. The van der Waals surface area contributed by atoms with Crippen molar-refractivity contribution in [2.45, 2.75) is 59.8 Å². The van der Waals surface area contributed by atoms with Gasteiger partial charge in [-0.05, 0) is 36.6 Å². The number of hydrogen-bond acceptors (Lipinski definition) is 3. The van der Waals surface area contributed by atoms with E-state index in [1.807, 2.05) is 39.5 Å². The minimum atomic E-state index is 0.687. The Kier molecular flexibility index (Phi) is 13.9. The lowest BCUT2D eigenvalue weighted by atomic mass is 9.94. The molecule has 0 amide bonds. The van der Waals surface area contributed by atoms with Gasteiger partial charge in [-0.25, -0.2) is 0 Å². The Hall–Kier alpha value is -0.710. The SMILES string of the molecule is CC.CC.CSC1=C(/C=C/CC(C)C(C)C)C(=S)N(C)c2ccccc2S1. The zero-order valence-electron chi connectivity index (χ0n) is 18.5. The molecular weight excluding hydrogens is 386 g/mol. The third-order valence-electron chi connectivity index (χ3n) is 4.30. The van der Waals surface area contributed by atoms with Crippen LogP contribution in [0.1, 0.15) is 54.9 Å². The lowest BCUT2D eigenvalue weighted by molar-refractivity contribution is 0.424. The van der Waals surface area contributed by atoms with Crippen molar-refractivity contribution in [2.75, 3.05) is 18.2 Å². The van der Waals surface area contributed by atoms with E-state index in [0.717, 1.165) is 11.4 Å². The second-order valence-corrected chi connectivity index (χ2v) is 8.71. The summed E-state index contributed by atoms with van der Waals surface area (Å²) in [4.78, 5) is 4.30. The summed E-state index contributed by atoms with van der Waals surface area (Å²) in [5.74, 6) is 1.39. The van der Waals surface area contributed by atoms with Crippen LogP contribution in [-0.4, -0.2) is 18.3 Å². The lowest BCUT2D eigenvalue weighted by Crippen LogP contribution is -2.25. The fourth-order valence-electron chi connectivity index (χ4n) is 2.32. The number of anilines is 1. The first-order valence-electron chi connectivity index (χ1n) is 9.95. The molecule has 1 unspecified atom stereocenters. The Bertz CT molecular complexity index is 632. The number of fused-ring (bicyclic) bond motifs is 1. The molecule has 0 N–H and O–H groups in total. The predicted molar refractivity (Wildman–Crippen MR) is 134 cm³/mol. The average Bonchev–Trinajstić information content (AvgIpc) is 2.81. The Balaban J connectivity index is 0.00000158. The normalized spacial score (nSPS) is 14.9. The van der Waals surface area contributed by atoms with Crippen LogP contribution >= 0.6 is 35.7 Å². The highest BCUT2D eigenvalue weighted by molar-refractivity contribution is 8.22. The average molecular weight is 424 g/mol. The van der Waals surface area contributed by atoms with E-state index in [-0.39, 0.29) is 0 Å². The largest absolute Gasteiger partial charge is 0.334 e. The van der Waals surface area contributed by atoms with Gasteiger partial charge in [-0.15, -0.1) is 11.8 Å². The Morgan fingerprint density at radius 2 is 1.70 bits per heavy atom. The first-order chi connectivity index (χ1) is 13.0. The quantitative estimate of drug-likeness (QED) is 0.437. The number of para-hydroxylation sites is 1. The van der Waals surface area contributed by atoms with Crippen molar-refractivity contribution >= 4 is 46.4 Å². The Morgan fingerprint density at radius 3 is 2.26 bits per heavy atom. The third kappa shape index (κ3) is 7.67. The van der Waals surface area contributed by atoms with E-state index in [1.54, 1.807) is 11.8 Å². The van der Waals surface area contributed by atoms with E-state index < -0.39 is 0 Å². The highest BCUT2D eigenvalue weighted by atomic mass is 32.2. The van der Waals surface area contributed by atoms with Gasteiger partial charge in [0.2, 0.25) is 0 Å². The second-order valence-electron chi connectivity index (χ2n) is 6.20. The van der Waals surface area contributed by atoms with E-state index >= 15 is 0 Å². The minimum Gasteiger partial charge on any atom is -0.334 e. The maximum Gasteiger partial charge on any atom is 0.115 e. The number of rotatable bonds is 5. The highest BCUT2D eigenvalue weighted by Gasteiger charge is 2.22.